The number of rotatable bonds is 7. The van der Waals surface area contributed by atoms with E-state index < -0.39 is 11.9 Å². The van der Waals surface area contributed by atoms with Crippen LogP contribution in [0.25, 0.3) is 0 Å². The third-order valence-electron chi connectivity index (χ3n) is 4.77. The van der Waals surface area contributed by atoms with Crippen LogP contribution in [0.2, 0.25) is 5.02 Å². The Morgan fingerprint density at radius 3 is 2.38 bits per heavy atom. The molecule has 0 saturated carbocycles. The lowest BCUT2D eigenvalue weighted by atomic mass is 9.88. The van der Waals surface area contributed by atoms with E-state index in [0.717, 1.165) is 11.1 Å². The van der Waals surface area contributed by atoms with Gasteiger partial charge in [-0.15, -0.1) is 0 Å². The van der Waals surface area contributed by atoms with Gasteiger partial charge >= 0.3 is 5.97 Å². The fourth-order valence-corrected chi connectivity index (χ4v) is 3.36. The second-order valence-electron chi connectivity index (χ2n) is 7.28. The molecule has 0 aromatic heterocycles. The standard InChI is InChI=1S/C22H24ClNO5/c1-13(2)21(15-4-7-17(23)8-5-15)22(26)27-11-20(25)24-14(3)16-6-9-18-19(10-16)29-12-28-18/h4-10,13-14,21H,11-12H2,1-3H3,(H,24,25)/t14-,21-/m1/s1. The van der Waals surface area contributed by atoms with Crippen LogP contribution in [0, 0.1) is 5.92 Å². The summed E-state index contributed by atoms with van der Waals surface area (Å²) in [5.41, 5.74) is 1.68. The molecule has 1 heterocycles. The minimum Gasteiger partial charge on any atom is -0.455 e. The van der Waals surface area contributed by atoms with Gasteiger partial charge < -0.3 is 19.5 Å². The third kappa shape index (κ3) is 5.21. The highest BCUT2D eigenvalue weighted by Gasteiger charge is 2.26. The summed E-state index contributed by atoms with van der Waals surface area (Å²) in [7, 11) is 0. The Kier molecular flexibility index (Phi) is 6.64. The molecule has 3 rings (SSSR count). The van der Waals surface area contributed by atoms with Crippen LogP contribution in [0.1, 0.15) is 43.9 Å². The molecule has 0 spiro atoms. The molecule has 1 aliphatic rings. The van der Waals surface area contributed by atoms with Crippen molar-refractivity contribution in [1.82, 2.24) is 5.32 Å². The van der Waals surface area contributed by atoms with Crippen molar-refractivity contribution in [1.29, 1.82) is 0 Å². The van der Waals surface area contributed by atoms with Crippen LogP contribution in [0.4, 0.5) is 0 Å². The molecule has 7 heteroatoms. The maximum Gasteiger partial charge on any atom is 0.314 e. The van der Waals surface area contributed by atoms with Gasteiger partial charge in [-0.3, -0.25) is 9.59 Å². The molecule has 29 heavy (non-hydrogen) atoms. The number of hydrogen-bond donors (Lipinski definition) is 1. The first-order valence-corrected chi connectivity index (χ1v) is 9.84. The lowest BCUT2D eigenvalue weighted by Crippen LogP contribution is -2.32. The normalized spacial score (nSPS) is 14.4. The molecule has 0 fully saturated rings. The smallest absolute Gasteiger partial charge is 0.314 e. The lowest BCUT2D eigenvalue weighted by Gasteiger charge is -2.20. The van der Waals surface area contributed by atoms with E-state index in [1.807, 2.05) is 32.9 Å². The molecule has 0 saturated heterocycles. The summed E-state index contributed by atoms with van der Waals surface area (Å²) < 4.78 is 15.9. The van der Waals surface area contributed by atoms with Gasteiger partial charge in [-0.25, -0.2) is 0 Å². The number of halogens is 1. The van der Waals surface area contributed by atoms with E-state index in [-0.39, 0.29) is 31.3 Å². The minimum absolute atomic E-state index is 0.0132. The summed E-state index contributed by atoms with van der Waals surface area (Å²) in [6, 6.07) is 12.3. The SMILES string of the molecule is CC(C)[C@@H](C(=O)OCC(=O)N[C@H](C)c1ccc2c(c1)OCO2)c1ccc(Cl)cc1. The zero-order chi connectivity index (χ0) is 21.0. The minimum atomic E-state index is -0.466. The molecular formula is C22H24ClNO5. The number of ether oxygens (including phenoxy) is 3. The molecule has 2 aromatic rings. The van der Waals surface area contributed by atoms with Crippen molar-refractivity contribution >= 4 is 23.5 Å². The molecule has 154 valence electrons. The molecule has 6 nitrogen and oxygen atoms in total. The Labute approximate surface area is 175 Å². The molecule has 1 amide bonds. The Morgan fingerprint density at radius 1 is 1.03 bits per heavy atom. The fraction of sp³-hybridized carbons (Fsp3) is 0.364. The molecule has 0 aliphatic carbocycles. The van der Waals surface area contributed by atoms with Crippen molar-refractivity contribution in [2.75, 3.05) is 13.4 Å². The highest BCUT2D eigenvalue weighted by atomic mass is 35.5. The van der Waals surface area contributed by atoms with Crippen molar-refractivity contribution < 1.29 is 23.8 Å². The van der Waals surface area contributed by atoms with Gasteiger partial charge in [-0.1, -0.05) is 43.6 Å². The lowest BCUT2D eigenvalue weighted by molar-refractivity contribution is -0.151. The van der Waals surface area contributed by atoms with Crippen LogP contribution >= 0.6 is 11.6 Å². The molecular weight excluding hydrogens is 394 g/mol. The predicted octanol–water partition coefficient (Wildman–Crippen LogP) is 4.23. The van der Waals surface area contributed by atoms with Crippen molar-refractivity contribution in [3.05, 3.63) is 58.6 Å². The van der Waals surface area contributed by atoms with E-state index in [9.17, 15) is 9.59 Å². The first-order valence-electron chi connectivity index (χ1n) is 9.46. The highest BCUT2D eigenvalue weighted by Crippen LogP contribution is 2.34. The molecule has 2 aromatic carbocycles. The number of amides is 1. The number of benzene rings is 2. The average Bonchev–Trinajstić information content (AvgIpc) is 3.15. The Hall–Kier alpha value is -2.73. The Balaban J connectivity index is 1.56. The van der Waals surface area contributed by atoms with Crippen molar-refractivity contribution in [2.24, 2.45) is 5.92 Å². The number of nitrogens with one attached hydrogen (secondary N) is 1. The van der Waals surface area contributed by atoms with Gasteiger partial charge in [0, 0.05) is 5.02 Å². The maximum absolute atomic E-state index is 12.6. The first-order chi connectivity index (χ1) is 13.8. The van der Waals surface area contributed by atoms with Crippen LogP contribution in [0.3, 0.4) is 0 Å². The molecule has 0 radical (unpaired) electrons. The van der Waals surface area contributed by atoms with Crippen LogP contribution < -0.4 is 14.8 Å². The number of fused-ring (bicyclic) bond motifs is 1. The van der Waals surface area contributed by atoms with Gasteiger partial charge in [-0.05, 0) is 48.2 Å². The molecule has 1 N–H and O–H groups in total. The molecule has 1 aliphatic heterocycles. The zero-order valence-electron chi connectivity index (χ0n) is 16.6. The van der Waals surface area contributed by atoms with Crippen molar-refractivity contribution in [2.45, 2.75) is 32.7 Å². The Morgan fingerprint density at radius 2 is 1.69 bits per heavy atom. The zero-order valence-corrected chi connectivity index (χ0v) is 17.4. The van der Waals surface area contributed by atoms with E-state index >= 15 is 0 Å². The number of carbonyl (C=O) groups excluding carboxylic acids is 2. The van der Waals surface area contributed by atoms with Gasteiger partial charge in [0.15, 0.2) is 18.1 Å². The number of carbonyl (C=O) groups is 2. The fourth-order valence-electron chi connectivity index (χ4n) is 3.24. The van der Waals surface area contributed by atoms with Gasteiger partial charge in [0.25, 0.3) is 5.91 Å². The van der Waals surface area contributed by atoms with Gasteiger partial charge in [-0.2, -0.15) is 0 Å². The van der Waals surface area contributed by atoms with E-state index in [0.29, 0.717) is 16.5 Å². The van der Waals surface area contributed by atoms with E-state index in [4.69, 9.17) is 25.8 Å². The van der Waals surface area contributed by atoms with Crippen LogP contribution in [-0.4, -0.2) is 25.3 Å². The summed E-state index contributed by atoms with van der Waals surface area (Å²) in [6.07, 6.45) is 0. The van der Waals surface area contributed by atoms with Crippen LogP contribution in [0.15, 0.2) is 42.5 Å². The van der Waals surface area contributed by atoms with Crippen molar-refractivity contribution in [3.8, 4) is 11.5 Å². The second kappa shape index (κ2) is 9.18. The van der Waals surface area contributed by atoms with Gasteiger partial charge in [0.05, 0.1) is 12.0 Å². The monoisotopic (exact) mass is 417 g/mol. The van der Waals surface area contributed by atoms with Crippen LogP contribution in [-0.2, 0) is 14.3 Å². The maximum atomic E-state index is 12.6. The molecule has 0 unspecified atom stereocenters. The van der Waals surface area contributed by atoms with Gasteiger partial charge in [0.1, 0.15) is 0 Å². The highest BCUT2D eigenvalue weighted by molar-refractivity contribution is 6.30. The summed E-state index contributed by atoms with van der Waals surface area (Å²) in [5, 5.41) is 3.43. The summed E-state index contributed by atoms with van der Waals surface area (Å²) in [6.45, 7) is 5.57. The topological polar surface area (TPSA) is 73.9 Å². The van der Waals surface area contributed by atoms with Crippen LogP contribution in [0.5, 0.6) is 11.5 Å². The largest absolute Gasteiger partial charge is 0.455 e. The van der Waals surface area contributed by atoms with Gasteiger partial charge in [0.2, 0.25) is 6.79 Å². The number of esters is 1. The molecule has 2 atom stereocenters. The number of hydrogen-bond acceptors (Lipinski definition) is 5. The average molecular weight is 418 g/mol. The van der Waals surface area contributed by atoms with E-state index in [1.54, 1.807) is 30.3 Å². The molecule has 0 bridgehead atoms. The summed E-state index contributed by atoms with van der Waals surface area (Å²) in [5.74, 6) is 0.0712. The Bertz CT molecular complexity index is 881. The predicted molar refractivity (Wildman–Crippen MR) is 109 cm³/mol. The summed E-state index contributed by atoms with van der Waals surface area (Å²) >= 11 is 5.92. The quantitative estimate of drug-likeness (QED) is 0.682. The van der Waals surface area contributed by atoms with E-state index in [1.165, 1.54) is 0 Å². The van der Waals surface area contributed by atoms with Crippen molar-refractivity contribution in [3.63, 3.8) is 0 Å². The first kappa shape index (κ1) is 21.0. The van der Waals surface area contributed by atoms with E-state index in [2.05, 4.69) is 5.32 Å². The third-order valence-corrected chi connectivity index (χ3v) is 5.02. The summed E-state index contributed by atoms with van der Waals surface area (Å²) in [4.78, 5) is 24.9. The second-order valence-corrected chi connectivity index (χ2v) is 7.72.